The molecule has 1 aromatic rings. The second-order valence-electron chi connectivity index (χ2n) is 4.09. The van der Waals surface area contributed by atoms with Crippen molar-refractivity contribution < 1.29 is 23.0 Å². The van der Waals surface area contributed by atoms with Crippen LogP contribution in [-0.4, -0.2) is 24.0 Å². The summed E-state index contributed by atoms with van der Waals surface area (Å²) in [5.74, 6) is 0. The van der Waals surface area contributed by atoms with Gasteiger partial charge >= 0.3 is 6.18 Å². The van der Waals surface area contributed by atoms with Crippen LogP contribution in [0.15, 0.2) is 30.3 Å². The van der Waals surface area contributed by atoms with Crippen LogP contribution in [0.3, 0.4) is 0 Å². The van der Waals surface area contributed by atoms with Crippen molar-refractivity contribution >= 4 is 0 Å². The Bertz CT molecular complexity index is 325. The summed E-state index contributed by atoms with van der Waals surface area (Å²) >= 11 is 0. The van der Waals surface area contributed by atoms with Crippen LogP contribution >= 0.6 is 0 Å². The summed E-state index contributed by atoms with van der Waals surface area (Å²) < 4.78 is 41.2. The van der Waals surface area contributed by atoms with Crippen LogP contribution in [0.5, 0.6) is 0 Å². The smallest absolute Gasteiger partial charge is 0.384 e. The van der Waals surface area contributed by atoms with Crippen molar-refractivity contribution in [3.8, 4) is 0 Å². The van der Waals surface area contributed by atoms with Gasteiger partial charge in [-0.1, -0.05) is 30.3 Å². The molecule has 1 unspecified atom stereocenters. The molecule has 0 aliphatic heterocycles. The lowest BCUT2D eigenvalue weighted by Crippen LogP contribution is -2.28. The topological polar surface area (TPSA) is 29.5 Å². The first-order valence-electron chi connectivity index (χ1n) is 5.86. The predicted octanol–water partition coefficient (Wildman–Crippen LogP) is 3.30. The molecular formula is C13H17F3O2. The Morgan fingerprint density at radius 3 is 2.39 bits per heavy atom. The van der Waals surface area contributed by atoms with E-state index in [-0.39, 0.29) is 6.42 Å². The molecule has 1 rings (SSSR count). The third-order valence-electron chi connectivity index (χ3n) is 2.51. The second kappa shape index (κ2) is 7.38. The molecule has 0 spiro atoms. The molecule has 1 atom stereocenters. The van der Waals surface area contributed by atoms with E-state index in [4.69, 9.17) is 9.84 Å². The summed E-state index contributed by atoms with van der Waals surface area (Å²) in [6.45, 7) is 0.863. The highest BCUT2D eigenvalue weighted by Crippen LogP contribution is 2.23. The van der Waals surface area contributed by atoms with Crippen LogP contribution in [0, 0.1) is 0 Å². The minimum atomic E-state index is -4.51. The Balaban J connectivity index is 2.03. The molecule has 5 heteroatoms. The van der Waals surface area contributed by atoms with E-state index in [1.54, 1.807) is 0 Å². The zero-order chi connectivity index (χ0) is 13.4. The van der Waals surface area contributed by atoms with E-state index in [9.17, 15) is 13.2 Å². The molecule has 1 aromatic carbocycles. The molecule has 0 aliphatic carbocycles. The van der Waals surface area contributed by atoms with Crippen LogP contribution in [-0.2, 0) is 11.3 Å². The van der Waals surface area contributed by atoms with E-state index in [1.165, 1.54) is 0 Å². The molecule has 1 N–H and O–H groups in total. The highest BCUT2D eigenvalue weighted by Gasteiger charge is 2.37. The fraction of sp³-hybridized carbons (Fsp3) is 0.538. The van der Waals surface area contributed by atoms with Gasteiger partial charge in [-0.05, 0) is 24.8 Å². The first kappa shape index (κ1) is 15.0. The Labute approximate surface area is 104 Å². The Kier molecular flexibility index (Phi) is 6.15. The van der Waals surface area contributed by atoms with Gasteiger partial charge in [-0.15, -0.1) is 0 Å². The molecule has 0 amide bonds. The molecule has 0 saturated carbocycles. The predicted molar refractivity (Wildman–Crippen MR) is 62.0 cm³/mol. The number of aliphatic hydroxyl groups excluding tert-OH is 1. The summed E-state index contributed by atoms with van der Waals surface area (Å²) in [7, 11) is 0. The molecule has 0 aliphatic rings. The maximum atomic E-state index is 12.0. The number of ether oxygens (including phenoxy) is 1. The number of hydrogen-bond acceptors (Lipinski definition) is 2. The van der Waals surface area contributed by atoms with Crippen molar-refractivity contribution in [2.24, 2.45) is 0 Å². The van der Waals surface area contributed by atoms with Crippen molar-refractivity contribution in [2.45, 2.75) is 38.1 Å². The average molecular weight is 262 g/mol. The maximum Gasteiger partial charge on any atom is 0.414 e. The Hall–Kier alpha value is -1.07. The van der Waals surface area contributed by atoms with Gasteiger partial charge in [0.05, 0.1) is 6.61 Å². The number of unbranched alkanes of at least 4 members (excludes halogenated alkanes) is 1. The zero-order valence-corrected chi connectivity index (χ0v) is 9.99. The number of alkyl halides is 3. The monoisotopic (exact) mass is 262 g/mol. The van der Waals surface area contributed by atoms with Gasteiger partial charge in [-0.2, -0.15) is 13.2 Å². The fourth-order valence-electron chi connectivity index (χ4n) is 1.47. The molecular weight excluding hydrogens is 245 g/mol. The number of hydrogen-bond donors (Lipinski definition) is 1. The highest BCUT2D eigenvalue weighted by molar-refractivity contribution is 5.13. The molecule has 0 aromatic heterocycles. The van der Waals surface area contributed by atoms with Gasteiger partial charge in [0.2, 0.25) is 0 Å². The van der Waals surface area contributed by atoms with E-state index in [1.807, 2.05) is 30.3 Å². The second-order valence-corrected chi connectivity index (χ2v) is 4.09. The van der Waals surface area contributed by atoms with Crippen molar-refractivity contribution in [3.05, 3.63) is 35.9 Å². The summed E-state index contributed by atoms with van der Waals surface area (Å²) in [5.41, 5.74) is 1.04. The van der Waals surface area contributed by atoms with Gasteiger partial charge in [0, 0.05) is 6.61 Å². The van der Waals surface area contributed by atoms with E-state index in [0.717, 1.165) is 5.56 Å². The molecule has 2 nitrogen and oxygen atoms in total. The summed E-state index contributed by atoms with van der Waals surface area (Å²) in [5, 5.41) is 8.75. The maximum absolute atomic E-state index is 12.0. The van der Waals surface area contributed by atoms with E-state index < -0.39 is 12.3 Å². The molecule has 18 heavy (non-hydrogen) atoms. The molecule has 0 bridgehead atoms. The molecule has 0 radical (unpaired) electrons. The third-order valence-corrected chi connectivity index (χ3v) is 2.51. The fourth-order valence-corrected chi connectivity index (χ4v) is 1.47. The lowest BCUT2D eigenvalue weighted by Gasteiger charge is -2.13. The minimum absolute atomic E-state index is 0.266. The van der Waals surface area contributed by atoms with Gasteiger partial charge < -0.3 is 9.84 Å². The SMILES string of the molecule is OC(CCCCOCc1ccccc1)C(F)(F)F. The quantitative estimate of drug-likeness (QED) is 0.764. The number of aliphatic hydroxyl groups is 1. The normalized spacial score (nSPS) is 13.6. The standard InChI is InChI=1S/C13H17F3O2/c14-13(15,16)12(17)8-4-5-9-18-10-11-6-2-1-3-7-11/h1-3,6-7,12,17H,4-5,8-10H2. The molecule has 0 fully saturated rings. The van der Waals surface area contributed by atoms with E-state index in [0.29, 0.717) is 26.1 Å². The van der Waals surface area contributed by atoms with Gasteiger partial charge in [0.15, 0.2) is 0 Å². The van der Waals surface area contributed by atoms with Crippen LogP contribution in [0.4, 0.5) is 13.2 Å². The first-order chi connectivity index (χ1) is 8.50. The summed E-state index contributed by atoms with van der Waals surface area (Å²) in [6.07, 6.45) is -6.18. The Morgan fingerprint density at radius 1 is 1.11 bits per heavy atom. The van der Waals surface area contributed by atoms with Crippen LogP contribution in [0.1, 0.15) is 24.8 Å². The number of halogens is 3. The van der Waals surface area contributed by atoms with Crippen molar-refractivity contribution in [1.82, 2.24) is 0 Å². The molecule has 0 saturated heterocycles. The number of benzene rings is 1. The van der Waals surface area contributed by atoms with Crippen LogP contribution in [0.2, 0.25) is 0 Å². The van der Waals surface area contributed by atoms with Gasteiger partial charge in [-0.3, -0.25) is 0 Å². The van der Waals surface area contributed by atoms with E-state index >= 15 is 0 Å². The molecule has 0 heterocycles. The van der Waals surface area contributed by atoms with Crippen LogP contribution in [0.25, 0.3) is 0 Å². The molecule has 102 valence electrons. The van der Waals surface area contributed by atoms with Gasteiger partial charge in [0.25, 0.3) is 0 Å². The minimum Gasteiger partial charge on any atom is -0.384 e. The summed E-state index contributed by atoms with van der Waals surface area (Å²) in [4.78, 5) is 0. The lowest BCUT2D eigenvalue weighted by molar-refractivity contribution is -0.205. The van der Waals surface area contributed by atoms with Crippen LogP contribution < -0.4 is 0 Å². The average Bonchev–Trinajstić information content (AvgIpc) is 2.33. The lowest BCUT2D eigenvalue weighted by atomic mass is 10.1. The Morgan fingerprint density at radius 2 is 1.78 bits per heavy atom. The highest BCUT2D eigenvalue weighted by atomic mass is 19.4. The summed E-state index contributed by atoms with van der Waals surface area (Å²) in [6, 6.07) is 9.56. The third kappa shape index (κ3) is 6.02. The number of rotatable bonds is 7. The largest absolute Gasteiger partial charge is 0.414 e. The zero-order valence-electron chi connectivity index (χ0n) is 9.99. The van der Waals surface area contributed by atoms with Crippen molar-refractivity contribution in [3.63, 3.8) is 0 Å². The van der Waals surface area contributed by atoms with Crippen molar-refractivity contribution in [1.29, 1.82) is 0 Å². The van der Waals surface area contributed by atoms with Crippen molar-refractivity contribution in [2.75, 3.05) is 6.61 Å². The van der Waals surface area contributed by atoms with Gasteiger partial charge in [-0.25, -0.2) is 0 Å². The first-order valence-corrected chi connectivity index (χ1v) is 5.86. The van der Waals surface area contributed by atoms with Gasteiger partial charge in [0.1, 0.15) is 6.10 Å². The van der Waals surface area contributed by atoms with E-state index in [2.05, 4.69) is 0 Å².